The minimum Gasteiger partial charge on any atom is -0.479 e. The number of carboxylic acid groups (broad SMARTS) is 1. The zero-order valence-corrected chi connectivity index (χ0v) is 12.0. The number of ether oxygens (including phenoxy) is 1. The van der Waals surface area contributed by atoms with Crippen LogP contribution in [0.15, 0.2) is 0 Å². The highest BCUT2D eigenvalue weighted by Gasteiger charge is 2.38. The van der Waals surface area contributed by atoms with Crippen molar-refractivity contribution in [2.75, 3.05) is 19.4 Å². The van der Waals surface area contributed by atoms with Crippen molar-refractivity contribution >= 4 is 25.1 Å². The van der Waals surface area contributed by atoms with E-state index < -0.39 is 19.4 Å². The summed E-state index contributed by atoms with van der Waals surface area (Å²) in [5.41, 5.74) is -0.195. The van der Waals surface area contributed by atoms with Gasteiger partial charge in [0, 0.05) is 18.1 Å². The summed E-state index contributed by atoms with van der Waals surface area (Å²) in [6.45, 7) is 5.67. The van der Waals surface area contributed by atoms with Gasteiger partial charge in [-0.15, -0.1) is 11.8 Å². The first-order valence-electron chi connectivity index (χ1n) is 5.60. The lowest BCUT2D eigenvalue weighted by molar-refractivity contribution is -0.149. The van der Waals surface area contributed by atoms with E-state index in [9.17, 15) is 9.36 Å². The molecule has 0 radical (unpaired) electrons. The van der Waals surface area contributed by atoms with Gasteiger partial charge in [0.15, 0.2) is 13.5 Å². The molecule has 1 fully saturated rings. The van der Waals surface area contributed by atoms with Crippen molar-refractivity contribution in [2.45, 2.75) is 37.1 Å². The predicted octanol–water partition coefficient (Wildman–Crippen LogP) is 2.25. The molecule has 0 aromatic rings. The average molecular weight is 282 g/mol. The van der Waals surface area contributed by atoms with Crippen LogP contribution < -0.4 is 0 Å². The van der Waals surface area contributed by atoms with Gasteiger partial charge >= 0.3 is 5.97 Å². The summed E-state index contributed by atoms with van der Waals surface area (Å²) < 4.78 is 22.4. The normalized spacial score (nSPS) is 32.3. The number of aliphatic carboxylic acids is 1. The van der Waals surface area contributed by atoms with Crippen LogP contribution in [-0.4, -0.2) is 47.3 Å². The van der Waals surface area contributed by atoms with Gasteiger partial charge in [0.05, 0.1) is 6.61 Å². The molecular formula is C10H19O5PS. The third-order valence-corrected chi connectivity index (χ3v) is 5.71. The van der Waals surface area contributed by atoms with E-state index in [1.807, 2.05) is 6.92 Å². The molecule has 1 aliphatic rings. The van der Waals surface area contributed by atoms with Crippen LogP contribution in [0.1, 0.15) is 20.3 Å². The fourth-order valence-electron chi connectivity index (χ4n) is 1.69. The molecular weight excluding hydrogens is 263 g/mol. The molecule has 1 saturated heterocycles. The Labute approximate surface area is 106 Å². The predicted molar refractivity (Wildman–Crippen MR) is 68.0 cm³/mol. The number of rotatable bonds is 6. The maximum absolute atomic E-state index is 11.9. The zero-order chi connectivity index (χ0) is 13.1. The molecule has 7 heteroatoms. The van der Waals surface area contributed by atoms with Crippen molar-refractivity contribution < 1.29 is 23.7 Å². The molecule has 0 aromatic carbocycles. The minimum absolute atomic E-state index is 0.0687. The molecule has 1 heterocycles. The lowest BCUT2D eigenvalue weighted by Gasteiger charge is -2.15. The van der Waals surface area contributed by atoms with Crippen molar-refractivity contribution in [3.8, 4) is 0 Å². The molecule has 0 bridgehead atoms. The highest BCUT2D eigenvalue weighted by molar-refractivity contribution is 8.00. The van der Waals surface area contributed by atoms with Crippen molar-refractivity contribution in [3.05, 3.63) is 0 Å². The Kier molecular flexibility index (Phi) is 5.51. The standard InChI is InChI=1S/C10H19O5PS/c1-4-14-16(3,13)6-5-8-15-9(10(11)12)7(2)17-8/h7-9H,4-6H2,1-3H3,(H,11,12)/t7-,8-,9+,16?/m1/s1. The molecule has 1 rings (SSSR count). The number of thioether (sulfide) groups is 1. The van der Waals surface area contributed by atoms with E-state index in [0.717, 1.165) is 0 Å². The van der Waals surface area contributed by atoms with Crippen LogP contribution in [0.5, 0.6) is 0 Å². The lowest BCUT2D eigenvalue weighted by Crippen LogP contribution is -2.27. The number of hydrogen-bond acceptors (Lipinski definition) is 5. The number of carboxylic acids is 1. The van der Waals surface area contributed by atoms with E-state index in [4.69, 9.17) is 14.4 Å². The Morgan fingerprint density at radius 1 is 1.59 bits per heavy atom. The lowest BCUT2D eigenvalue weighted by atomic mass is 10.3. The second-order valence-electron chi connectivity index (χ2n) is 4.11. The molecule has 0 aliphatic carbocycles. The van der Waals surface area contributed by atoms with Crippen molar-refractivity contribution in [2.24, 2.45) is 0 Å². The fourth-order valence-corrected chi connectivity index (χ4v) is 4.48. The van der Waals surface area contributed by atoms with Crippen molar-refractivity contribution in [1.29, 1.82) is 0 Å². The zero-order valence-electron chi connectivity index (χ0n) is 10.3. The summed E-state index contributed by atoms with van der Waals surface area (Å²) in [5, 5.41) is 8.83. The molecule has 1 unspecified atom stereocenters. The fraction of sp³-hybridized carbons (Fsp3) is 0.900. The average Bonchev–Trinajstić information content (AvgIpc) is 2.57. The van der Waals surface area contributed by atoms with E-state index in [1.165, 1.54) is 11.8 Å². The van der Waals surface area contributed by atoms with Gasteiger partial charge in [0.25, 0.3) is 0 Å². The van der Waals surface area contributed by atoms with Crippen LogP contribution in [0.25, 0.3) is 0 Å². The molecule has 17 heavy (non-hydrogen) atoms. The van der Waals surface area contributed by atoms with Crippen LogP contribution in [0.4, 0.5) is 0 Å². The molecule has 0 aromatic heterocycles. The second kappa shape index (κ2) is 6.23. The quantitative estimate of drug-likeness (QED) is 0.753. The minimum atomic E-state index is -2.55. The molecule has 1 aliphatic heterocycles. The maximum Gasteiger partial charge on any atom is 0.334 e. The van der Waals surface area contributed by atoms with Gasteiger partial charge in [-0.25, -0.2) is 4.79 Å². The summed E-state index contributed by atoms with van der Waals surface area (Å²) in [5.74, 6) is -0.933. The Balaban J connectivity index is 2.40. The third-order valence-electron chi connectivity index (χ3n) is 2.51. The van der Waals surface area contributed by atoms with Gasteiger partial charge < -0.3 is 14.4 Å². The van der Waals surface area contributed by atoms with E-state index >= 15 is 0 Å². The monoisotopic (exact) mass is 282 g/mol. The van der Waals surface area contributed by atoms with E-state index in [-0.39, 0.29) is 10.7 Å². The summed E-state index contributed by atoms with van der Waals surface area (Å²) in [6.07, 6.45) is 0.234. The first-order chi connectivity index (χ1) is 7.85. The highest BCUT2D eigenvalue weighted by atomic mass is 32.2. The Bertz CT molecular complexity index is 322. The summed E-state index contributed by atoms with van der Waals surface area (Å²) >= 11 is 1.48. The molecule has 5 nitrogen and oxygen atoms in total. The van der Waals surface area contributed by atoms with Crippen LogP contribution in [0.3, 0.4) is 0 Å². The van der Waals surface area contributed by atoms with Gasteiger partial charge in [-0.2, -0.15) is 0 Å². The van der Waals surface area contributed by atoms with Gasteiger partial charge in [-0.1, -0.05) is 6.92 Å². The third kappa shape index (κ3) is 4.62. The number of carbonyl (C=O) groups is 1. The Morgan fingerprint density at radius 2 is 2.24 bits per heavy atom. The Hall–Kier alpha value is -0.0300. The first kappa shape index (κ1) is 15.0. The van der Waals surface area contributed by atoms with E-state index in [2.05, 4.69) is 0 Å². The SMILES string of the molecule is CCOP(C)(=O)CC[C@@H]1O[C@H](C(=O)O)[C@@H](C)S1. The van der Waals surface area contributed by atoms with Crippen molar-refractivity contribution in [1.82, 2.24) is 0 Å². The molecule has 0 spiro atoms. The molecule has 4 atom stereocenters. The van der Waals surface area contributed by atoms with E-state index in [0.29, 0.717) is 19.2 Å². The van der Waals surface area contributed by atoms with Crippen LogP contribution in [-0.2, 0) is 18.6 Å². The second-order valence-corrected chi connectivity index (χ2v) is 8.39. The summed E-state index contributed by atoms with van der Waals surface area (Å²) in [7, 11) is -2.55. The Morgan fingerprint density at radius 3 is 2.71 bits per heavy atom. The smallest absolute Gasteiger partial charge is 0.334 e. The van der Waals surface area contributed by atoms with Gasteiger partial charge in [-0.05, 0) is 13.3 Å². The largest absolute Gasteiger partial charge is 0.479 e. The highest BCUT2D eigenvalue weighted by Crippen LogP contribution is 2.45. The molecule has 0 saturated carbocycles. The number of hydrogen-bond donors (Lipinski definition) is 1. The summed E-state index contributed by atoms with van der Waals surface area (Å²) in [6, 6.07) is 0. The van der Waals surface area contributed by atoms with Crippen molar-refractivity contribution in [3.63, 3.8) is 0 Å². The molecule has 0 amide bonds. The van der Waals surface area contributed by atoms with Crippen LogP contribution in [0.2, 0.25) is 0 Å². The van der Waals surface area contributed by atoms with Gasteiger partial charge in [0.2, 0.25) is 0 Å². The summed E-state index contributed by atoms with van der Waals surface area (Å²) in [4.78, 5) is 10.8. The topological polar surface area (TPSA) is 72.8 Å². The van der Waals surface area contributed by atoms with Crippen LogP contribution in [0, 0.1) is 0 Å². The maximum atomic E-state index is 11.9. The van der Waals surface area contributed by atoms with Gasteiger partial charge in [-0.3, -0.25) is 4.57 Å². The molecule has 1 N–H and O–H groups in total. The molecule has 100 valence electrons. The van der Waals surface area contributed by atoms with Gasteiger partial charge in [0.1, 0.15) is 5.44 Å². The van der Waals surface area contributed by atoms with E-state index in [1.54, 1.807) is 13.6 Å². The first-order valence-corrected chi connectivity index (χ1v) is 8.80. The van der Waals surface area contributed by atoms with Crippen LogP contribution >= 0.6 is 19.1 Å².